The van der Waals surface area contributed by atoms with E-state index in [0.717, 1.165) is 51.2 Å². The molecule has 0 aliphatic carbocycles. The Bertz CT molecular complexity index is 636. The highest BCUT2D eigenvalue weighted by atomic mass is 19.1. The molecule has 3 rings (SSSR count). The van der Waals surface area contributed by atoms with Crippen LogP contribution in [0.25, 0.3) is 0 Å². The molecule has 1 aromatic rings. The molecule has 0 radical (unpaired) electrons. The summed E-state index contributed by atoms with van der Waals surface area (Å²) in [6, 6.07) is 4.29. The zero-order valence-electron chi connectivity index (χ0n) is 14.7. The second-order valence-corrected chi connectivity index (χ2v) is 6.54. The summed E-state index contributed by atoms with van der Waals surface area (Å²) in [6.07, 6.45) is 6.05. The van der Waals surface area contributed by atoms with Crippen LogP contribution in [0.3, 0.4) is 0 Å². The Hall–Kier alpha value is -1.95. The molecular weight excluding hydrogens is 322 g/mol. The zero-order valence-corrected chi connectivity index (χ0v) is 14.7. The molecular formula is C19H26F2N4. The zero-order chi connectivity index (χ0) is 17.6. The average Bonchev–Trinajstić information content (AvgIpc) is 3.27. The number of aliphatic imine (C=N–C) groups is 1. The summed E-state index contributed by atoms with van der Waals surface area (Å²) in [5.74, 6) is -0.153. The molecule has 1 fully saturated rings. The van der Waals surface area contributed by atoms with Gasteiger partial charge in [-0.15, -0.1) is 0 Å². The van der Waals surface area contributed by atoms with Crippen molar-refractivity contribution in [3.8, 4) is 0 Å². The molecule has 2 heterocycles. The van der Waals surface area contributed by atoms with E-state index in [1.807, 2.05) is 6.92 Å². The van der Waals surface area contributed by atoms with Crippen LogP contribution in [-0.4, -0.2) is 61.1 Å². The van der Waals surface area contributed by atoms with E-state index >= 15 is 0 Å². The van der Waals surface area contributed by atoms with E-state index in [-0.39, 0.29) is 0 Å². The lowest BCUT2D eigenvalue weighted by molar-refractivity contribution is 0.259. The minimum Gasteiger partial charge on any atom is -0.357 e. The predicted molar refractivity (Wildman–Crippen MR) is 96.7 cm³/mol. The van der Waals surface area contributed by atoms with Crippen LogP contribution in [0.5, 0.6) is 0 Å². The van der Waals surface area contributed by atoms with Crippen molar-refractivity contribution in [2.75, 3.05) is 39.3 Å². The lowest BCUT2D eigenvalue weighted by atomic mass is 10.1. The van der Waals surface area contributed by atoms with Crippen LogP contribution in [0.4, 0.5) is 8.78 Å². The van der Waals surface area contributed by atoms with Crippen LogP contribution in [0.1, 0.15) is 18.9 Å². The molecule has 6 heteroatoms. The van der Waals surface area contributed by atoms with Gasteiger partial charge in [-0.25, -0.2) is 8.78 Å². The Balaban J connectivity index is 1.57. The van der Waals surface area contributed by atoms with Gasteiger partial charge in [-0.3, -0.25) is 9.89 Å². The second kappa shape index (κ2) is 8.43. The lowest BCUT2D eigenvalue weighted by Crippen LogP contribution is -2.43. The Morgan fingerprint density at radius 3 is 2.80 bits per heavy atom. The van der Waals surface area contributed by atoms with E-state index in [0.29, 0.717) is 24.6 Å². The lowest BCUT2D eigenvalue weighted by Gasteiger charge is -2.25. The molecule has 0 saturated carbocycles. The first-order valence-electron chi connectivity index (χ1n) is 9.03. The van der Waals surface area contributed by atoms with Crippen molar-refractivity contribution in [2.45, 2.75) is 25.8 Å². The quantitative estimate of drug-likeness (QED) is 0.504. The summed E-state index contributed by atoms with van der Waals surface area (Å²) >= 11 is 0. The third-order valence-electron chi connectivity index (χ3n) is 4.82. The molecule has 1 N–H and O–H groups in total. The molecule has 2 aliphatic rings. The van der Waals surface area contributed by atoms with Crippen LogP contribution in [0, 0.1) is 11.6 Å². The van der Waals surface area contributed by atoms with E-state index < -0.39 is 11.6 Å². The third-order valence-corrected chi connectivity index (χ3v) is 4.82. The fourth-order valence-electron chi connectivity index (χ4n) is 3.46. The Kier molecular flexibility index (Phi) is 6.02. The van der Waals surface area contributed by atoms with Crippen molar-refractivity contribution in [1.29, 1.82) is 0 Å². The van der Waals surface area contributed by atoms with E-state index in [2.05, 4.69) is 32.3 Å². The van der Waals surface area contributed by atoms with Gasteiger partial charge in [0.05, 0.1) is 0 Å². The maximum absolute atomic E-state index is 13.7. The summed E-state index contributed by atoms with van der Waals surface area (Å²) in [5, 5.41) is 3.33. The number of likely N-dealkylation sites (tertiary alicyclic amines) is 1. The summed E-state index contributed by atoms with van der Waals surface area (Å²) in [7, 11) is 0. The van der Waals surface area contributed by atoms with Gasteiger partial charge in [0.2, 0.25) is 0 Å². The molecule has 2 aliphatic heterocycles. The number of benzene rings is 1. The van der Waals surface area contributed by atoms with E-state index in [4.69, 9.17) is 0 Å². The van der Waals surface area contributed by atoms with Crippen molar-refractivity contribution < 1.29 is 8.78 Å². The minimum atomic E-state index is -0.544. The molecule has 0 spiro atoms. The molecule has 4 nitrogen and oxygen atoms in total. The fourth-order valence-corrected chi connectivity index (χ4v) is 3.46. The Morgan fingerprint density at radius 2 is 2.08 bits per heavy atom. The third kappa shape index (κ3) is 4.57. The van der Waals surface area contributed by atoms with Gasteiger partial charge in [-0.2, -0.15) is 0 Å². The fraction of sp³-hybridized carbons (Fsp3) is 0.526. The minimum absolute atomic E-state index is 0.467. The first-order chi connectivity index (χ1) is 12.2. The molecule has 1 saturated heterocycles. The highest BCUT2D eigenvalue weighted by Crippen LogP contribution is 2.18. The molecule has 25 heavy (non-hydrogen) atoms. The van der Waals surface area contributed by atoms with E-state index in [9.17, 15) is 8.78 Å². The molecule has 0 bridgehead atoms. The largest absolute Gasteiger partial charge is 0.357 e. The van der Waals surface area contributed by atoms with Gasteiger partial charge in [0.25, 0.3) is 0 Å². The Labute approximate surface area is 148 Å². The monoisotopic (exact) mass is 348 g/mol. The number of hydrogen-bond acceptors (Lipinski definition) is 2. The first kappa shape index (κ1) is 17.9. The smallest absolute Gasteiger partial charge is 0.193 e. The number of nitrogens with one attached hydrogen (secondary N) is 1. The summed E-state index contributed by atoms with van der Waals surface area (Å²) in [4.78, 5) is 9.42. The summed E-state index contributed by atoms with van der Waals surface area (Å²) in [6.45, 7) is 7.36. The van der Waals surface area contributed by atoms with Gasteiger partial charge >= 0.3 is 0 Å². The maximum atomic E-state index is 13.7. The number of hydrogen-bond donors (Lipinski definition) is 1. The molecule has 0 amide bonds. The van der Waals surface area contributed by atoms with Gasteiger partial charge in [0, 0.05) is 51.4 Å². The first-order valence-corrected chi connectivity index (χ1v) is 9.03. The predicted octanol–water partition coefficient (Wildman–Crippen LogP) is 2.42. The van der Waals surface area contributed by atoms with Crippen molar-refractivity contribution in [3.63, 3.8) is 0 Å². The van der Waals surface area contributed by atoms with Gasteiger partial charge in [-0.1, -0.05) is 18.2 Å². The number of nitrogens with zero attached hydrogens (tertiary/aromatic N) is 3. The van der Waals surface area contributed by atoms with Gasteiger partial charge in [0.1, 0.15) is 11.6 Å². The van der Waals surface area contributed by atoms with Gasteiger partial charge in [0.15, 0.2) is 5.96 Å². The van der Waals surface area contributed by atoms with Gasteiger partial charge < -0.3 is 10.2 Å². The van der Waals surface area contributed by atoms with Gasteiger partial charge in [-0.05, 0) is 31.4 Å². The normalized spacial score (nSPS) is 21.3. The molecule has 1 unspecified atom stereocenters. The van der Waals surface area contributed by atoms with Crippen molar-refractivity contribution in [1.82, 2.24) is 15.1 Å². The van der Waals surface area contributed by atoms with E-state index in [1.165, 1.54) is 12.1 Å². The maximum Gasteiger partial charge on any atom is 0.193 e. The second-order valence-electron chi connectivity index (χ2n) is 6.54. The van der Waals surface area contributed by atoms with Crippen molar-refractivity contribution in [2.24, 2.45) is 4.99 Å². The molecule has 1 atom stereocenters. The summed E-state index contributed by atoms with van der Waals surface area (Å²) < 4.78 is 26.7. The standard InChI is InChI=1S/C19H26F2N4/c1-2-22-19(23-9-7-15-5-6-16(20)13-18(15)21)25-12-8-17(14-25)24-10-3-4-11-24/h3-6,13,17H,2,7-12,14H2,1H3,(H,22,23). The number of halogens is 2. The Morgan fingerprint density at radius 1 is 1.28 bits per heavy atom. The van der Waals surface area contributed by atoms with Crippen LogP contribution in [0.15, 0.2) is 35.3 Å². The van der Waals surface area contributed by atoms with Crippen molar-refractivity contribution in [3.05, 3.63) is 47.5 Å². The molecule has 0 aromatic heterocycles. The topological polar surface area (TPSA) is 30.9 Å². The number of guanidine groups is 1. The van der Waals surface area contributed by atoms with Crippen molar-refractivity contribution >= 4 is 5.96 Å². The highest BCUT2D eigenvalue weighted by molar-refractivity contribution is 5.80. The van der Waals surface area contributed by atoms with Crippen LogP contribution >= 0.6 is 0 Å². The van der Waals surface area contributed by atoms with Crippen LogP contribution in [-0.2, 0) is 6.42 Å². The highest BCUT2D eigenvalue weighted by Gasteiger charge is 2.29. The van der Waals surface area contributed by atoms with Crippen LogP contribution < -0.4 is 5.32 Å². The van der Waals surface area contributed by atoms with E-state index in [1.54, 1.807) is 0 Å². The summed E-state index contributed by atoms with van der Waals surface area (Å²) in [5.41, 5.74) is 0.503. The number of rotatable bonds is 5. The average molecular weight is 348 g/mol. The molecule has 1 aromatic carbocycles. The SMILES string of the molecule is CCNC(=NCCc1ccc(F)cc1F)N1CCC(N2CC=CC2)C1. The van der Waals surface area contributed by atoms with Crippen LogP contribution in [0.2, 0.25) is 0 Å². The molecule has 136 valence electrons.